The average molecular weight is 351 g/mol. The second-order valence-electron chi connectivity index (χ2n) is 6.99. The van der Waals surface area contributed by atoms with Crippen molar-refractivity contribution in [2.24, 2.45) is 11.7 Å². The zero-order valence-electron chi connectivity index (χ0n) is 14.8. The lowest BCUT2D eigenvalue weighted by atomic mass is 9.99. The minimum absolute atomic E-state index is 0.290. The van der Waals surface area contributed by atoms with Gasteiger partial charge in [0, 0.05) is 23.1 Å². The van der Waals surface area contributed by atoms with Crippen LogP contribution in [0, 0.1) is 18.7 Å². The van der Waals surface area contributed by atoms with Crippen molar-refractivity contribution in [2.75, 3.05) is 12.3 Å². The van der Waals surface area contributed by atoms with E-state index in [-0.39, 0.29) is 5.82 Å². The second-order valence-corrected chi connectivity index (χ2v) is 6.99. The number of benzene rings is 2. The van der Waals surface area contributed by atoms with Gasteiger partial charge in [0.1, 0.15) is 17.4 Å². The van der Waals surface area contributed by atoms with Crippen molar-refractivity contribution < 1.29 is 9.13 Å². The molecule has 1 aromatic heterocycles. The number of nitrogens with zero attached hydrogens (tertiary/aromatic N) is 1. The maximum Gasteiger partial charge on any atom is 0.131 e. The van der Waals surface area contributed by atoms with E-state index >= 15 is 0 Å². The van der Waals surface area contributed by atoms with Gasteiger partial charge < -0.3 is 16.2 Å². The molecule has 1 aliphatic rings. The van der Waals surface area contributed by atoms with E-state index in [9.17, 15) is 4.39 Å². The van der Waals surface area contributed by atoms with Gasteiger partial charge >= 0.3 is 0 Å². The number of aryl methyl sites for hydroxylation is 1. The molecule has 0 spiro atoms. The minimum Gasteiger partial charge on any atom is -0.493 e. The summed E-state index contributed by atoms with van der Waals surface area (Å²) in [6, 6.07) is 10.7. The second kappa shape index (κ2) is 6.57. The molecular weight excluding hydrogens is 329 g/mol. The van der Waals surface area contributed by atoms with Crippen molar-refractivity contribution in [1.82, 2.24) is 4.98 Å². The number of halogens is 1. The number of fused-ring (bicyclic) bond motifs is 1. The van der Waals surface area contributed by atoms with E-state index in [1.54, 1.807) is 12.1 Å². The smallest absolute Gasteiger partial charge is 0.131 e. The molecular formula is C21H22FN3O. The van der Waals surface area contributed by atoms with Gasteiger partial charge in [-0.3, -0.25) is 0 Å². The van der Waals surface area contributed by atoms with E-state index < -0.39 is 0 Å². The Kier molecular flexibility index (Phi) is 4.24. The van der Waals surface area contributed by atoms with Crippen LogP contribution in [0.15, 0.2) is 36.4 Å². The van der Waals surface area contributed by atoms with Gasteiger partial charge in [-0.05, 0) is 67.1 Å². The molecule has 4 rings (SSSR count). The maximum atomic E-state index is 14.8. The number of rotatable bonds is 5. The maximum absolute atomic E-state index is 14.8. The Balaban J connectivity index is 1.75. The number of nitrogens with two attached hydrogens (primary N) is 2. The van der Waals surface area contributed by atoms with Crippen LogP contribution in [0.4, 0.5) is 10.2 Å². The van der Waals surface area contributed by atoms with Crippen molar-refractivity contribution in [3.05, 3.63) is 53.3 Å². The van der Waals surface area contributed by atoms with Crippen molar-refractivity contribution in [2.45, 2.75) is 26.3 Å². The molecule has 1 fully saturated rings. The SMILES string of the molecule is Cc1cc(N)nc2cc(-c3ccc(OCC4CC4)c(CN)c3)c(F)cc12. The Morgan fingerprint density at radius 1 is 1.19 bits per heavy atom. The van der Waals surface area contributed by atoms with Gasteiger partial charge in [0.25, 0.3) is 0 Å². The molecule has 4 nitrogen and oxygen atoms in total. The highest BCUT2D eigenvalue weighted by molar-refractivity contribution is 5.88. The number of nitrogen functional groups attached to an aromatic ring is 1. The van der Waals surface area contributed by atoms with E-state index in [1.165, 1.54) is 18.9 Å². The Labute approximate surface area is 152 Å². The molecule has 3 aromatic rings. The van der Waals surface area contributed by atoms with Crippen LogP contribution >= 0.6 is 0 Å². The molecule has 1 aliphatic carbocycles. The predicted octanol–water partition coefficient (Wildman–Crippen LogP) is 4.18. The molecule has 1 saturated carbocycles. The molecule has 134 valence electrons. The quantitative estimate of drug-likeness (QED) is 0.723. The lowest BCUT2D eigenvalue weighted by Crippen LogP contribution is -2.05. The number of aromatic nitrogens is 1. The summed E-state index contributed by atoms with van der Waals surface area (Å²) in [5, 5.41) is 0.767. The number of ether oxygens (including phenoxy) is 1. The first kappa shape index (κ1) is 16.8. The fourth-order valence-electron chi connectivity index (χ4n) is 3.20. The number of anilines is 1. The number of pyridine rings is 1. The Morgan fingerprint density at radius 3 is 2.73 bits per heavy atom. The van der Waals surface area contributed by atoms with Gasteiger partial charge in [-0.2, -0.15) is 0 Å². The van der Waals surface area contributed by atoms with Crippen molar-refractivity contribution in [3.8, 4) is 16.9 Å². The summed E-state index contributed by atoms with van der Waals surface area (Å²) < 4.78 is 20.6. The third-order valence-corrected chi connectivity index (χ3v) is 4.89. The highest BCUT2D eigenvalue weighted by atomic mass is 19.1. The Morgan fingerprint density at radius 2 is 2.00 bits per heavy atom. The molecule has 0 saturated heterocycles. The molecule has 1 heterocycles. The van der Waals surface area contributed by atoms with Crippen LogP contribution in [0.25, 0.3) is 22.0 Å². The largest absolute Gasteiger partial charge is 0.493 e. The Hall–Kier alpha value is -2.66. The summed E-state index contributed by atoms with van der Waals surface area (Å²) in [6.45, 7) is 2.96. The molecule has 0 atom stereocenters. The number of hydrogen-bond acceptors (Lipinski definition) is 4. The molecule has 0 unspecified atom stereocenters. The first-order valence-electron chi connectivity index (χ1n) is 8.87. The third-order valence-electron chi connectivity index (χ3n) is 4.89. The highest BCUT2D eigenvalue weighted by Crippen LogP contribution is 2.34. The zero-order valence-corrected chi connectivity index (χ0v) is 14.8. The van der Waals surface area contributed by atoms with E-state index in [0.29, 0.717) is 29.4 Å². The fourth-order valence-corrected chi connectivity index (χ4v) is 3.20. The van der Waals surface area contributed by atoms with Gasteiger partial charge in [0.15, 0.2) is 0 Å². The van der Waals surface area contributed by atoms with Gasteiger partial charge in [-0.1, -0.05) is 6.07 Å². The summed E-state index contributed by atoms with van der Waals surface area (Å²) in [6.07, 6.45) is 2.46. The number of hydrogen-bond donors (Lipinski definition) is 2. The van der Waals surface area contributed by atoms with Crippen LogP contribution in [0.5, 0.6) is 5.75 Å². The van der Waals surface area contributed by atoms with Gasteiger partial charge in [0.05, 0.1) is 12.1 Å². The zero-order chi connectivity index (χ0) is 18.3. The van der Waals surface area contributed by atoms with Crippen LogP contribution in [-0.4, -0.2) is 11.6 Å². The first-order valence-corrected chi connectivity index (χ1v) is 8.87. The molecule has 26 heavy (non-hydrogen) atoms. The van der Waals surface area contributed by atoms with Crippen molar-refractivity contribution in [1.29, 1.82) is 0 Å². The van der Waals surface area contributed by atoms with Gasteiger partial charge in [-0.25, -0.2) is 9.37 Å². The summed E-state index contributed by atoms with van der Waals surface area (Å²) in [4.78, 5) is 4.34. The van der Waals surface area contributed by atoms with E-state index in [4.69, 9.17) is 16.2 Å². The van der Waals surface area contributed by atoms with Crippen LogP contribution < -0.4 is 16.2 Å². The molecule has 2 aromatic carbocycles. The fraction of sp³-hybridized carbons (Fsp3) is 0.286. The average Bonchev–Trinajstić information content (AvgIpc) is 3.44. The molecule has 0 radical (unpaired) electrons. The molecule has 4 N–H and O–H groups in total. The standard InChI is InChI=1S/C21H22FN3O/c1-12-6-21(24)25-19-9-17(18(22)8-16(12)19)14-4-5-20(15(7-14)10-23)26-11-13-2-3-13/h4-9,13H,2-3,10-11,23H2,1H3,(H2,24,25). The summed E-state index contributed by atoms with van der Waals surface area (Å²) in [7, 11) is 0. The third kappa shape index (κ3) is 3.22. The summed E-state index contributed by atoms with van der Waals surface area (Å²) in [5.41, 5.74) is 15.4. The van der Waals surface area contributed by atoms with Crippen molar-refractivity contribution in [3.63, 3.8) is 0 Å². The minimum atomic E-state index is -0.290. The lowest BCUT2D eigenvalue weighted by molar-refractivity contribution is 0.297. The van der Waals surface area contributed by atoms with Gasteiger partial charge in [0.2, 0.25) is 0 Å². The van der Waals surface area contributed by atoms with Crippen LogP contribution in [0.2, 0.25) is 0 Å². The Bertz CT molecular complexity index is 983. The predicted molar refractivity (Wildman–Crippen MR) is 102 cm³/mol. The van der Waals surface area contributed by atoms with Crippen molar-refractivity contribution >= 4 is 16.7 Å². The first-order chi connectivity index (χ1) is 12.5. The summed E-state index contributed by atoms with van der Waals surface area (Å²) >= 11 is 0. The topological polar surface area (TPSA) is 74.2 Å². The van der Waals surface area contributed by atoms with Gasteiger partial charge in [-0.15, -0.1) is 0 Å². The van der Waals surface area contributed by atoms with E-state index in [0.717, 1.165) is 34.4 Å². The van der Waals surface area contributed by atoms with E-state index in [2.05, 4.69) is 4.98 Å². The van der Waals surface area contributed by atoms with Crippen LogP contribution in [0.1, 0.15) is 24.0 Å². The molecule has 0 bridgehead atoms. The molecule has 0 aliphatic heterocycles. The lowest BCUT2D eigenvalue weighted by Gasteiger charge is -2.13. The monoisotopic (exact) mass is 351 g/mol. The normalized spacial score (nSPS) is 14.0. The molecule has 0 amide bonds. The van der Waals surface area contributed by atoms with Crippen LogP contribution in [-0.2, 0) is 6.54 Å². The summed E-state index contributed by atoms with van der Waals surface area (Å²) in [5.74, 6) is 1.58. The highest BCUT2D eigenvalue weighted by Gasteiger charge is 2.22. The van der Waals surface area contributed by atoms with Crippen LogP contribution in [0.3, 0.4) is 0 Å². The van der Waals surface area contributed by atoms with E-state index in [1.807, 2.05) is 25.1 Å². The molecule has 5 heteroatoms.